The second kappa shape index (κ2) is 4.85. The zero-order chi connectivity index (χ0) is 13.3. The Balaban J connectivity index is 2.28. The van der Waals surface area contributed by atoms with Crippen LogP contribution in [0.1, 0.15) is 17.2 Å². The lowest BCUT2D eigenvalue weighted by molar-refractivity contribution is -0.140. The van der Waals surface area contributed by atoms with E-state index < -0.39 is 17.6 Å². The fourth-order valence-electron chi connectivity index (χ4n) is 2.15. The second-order valence-electron chi connectivity index (χ2n) is 4.44. The molecule has 1 aliphatic heterocycles. The van der Waals surface area contributed by atoms with E-state index in [0.29, 0.717) is 12.1 Å². The van der Waals surface area contributed by atoms with Gasteiger partial charge in [0, 0.05) is 25.7 Å². The molecule has 1 aliphatic rings. The Bertz CT molecular complexity index is 431. The van der Waals surface area contributed by atoms with Crippen molar-refractivity contribution < 1.29 is 17.6 Å². The number of benzene rings is 1. The van der Waals surface area contributed by atoms with Crippen LogP contribution in [0.2, 0.25) is 0 Å². The monoisotopic (exact) mass is 262 g/mol. The summed E-state index contributed by atoms with van der Waals surface area (Å²) in [7, 11) is 1.88. The maximum absolute atomic E-state index is 13.5. The van der Waals surface area contributed by atoms with Gasteiger partial charge < -0.3 is 5.32 Å². The van der Waals surface area contributed by atoms with Gasteiger partial charge in [0.15, 0.2) is 0 Å². The predicted molar refractivity (Wildman–Crippen MR) is 59.6 cm³/mol. The molecule has 1 saturated heterocycles. The van der Waals surface area contributed by atoms with E-state index in [4.69, 9.17) is 0 Å². The SMILES string of the molecule is CN1CCNCC1c1ccc(C(F)(F)F)c(F)c1. The minimum absolute atomic E-state index is 0.0875. The van der Waals surface area contributed by atoms with E-state index in [9.17, 15) is 17.6 Å². The molecule has 1 unspecified atom stereocenters. The number of likely N-dealkylation sites (N-methyl/N-ethyl adjacent to an activating group) is 1. The number of nitrogens with one attached hydrogen (secondary N) is 1. The first-order valence-corrected chi connectivity index (χ1v) is 5.67. The van der Waals surface area contributed by atoms with Crippen molar-refractivity contribution in [3.05, 3.63) is 35.1 Å². The van der Waals surface area contributed by atoms with Crippen molar-refractivity contribution in [2.75, 3.05) is 26.7 Å². The van der Waals surface area contributed by atoms with E-state index in [1.165, 1.54) is 6.07 Å². The number of alkyl halides is 3. The van der Waals surface area contributed by atoms with Gasteiger partial charge in [0.2, 0.25) is 0 Å². The fraction of sp³-hybridized carbons (Fsp3) is 0.500. The number of nitrogens with zero attached hydrogens (tertiary/aromatic N) is 1. The van der Waals surface area contributed by atoms with E-state index in [1.807, 2.05) is 11.9 Å². The smallest absolute Gasteiger partial charge is 0.314 e. The minimum Gasteiger partial charge on any atom is -0.314 e. The maximum Gasteiger partial charge on any atom is 0.419 e. The molecule has 1 heterocycles. The molecule has 0 bridgehead atoms. The second-order valence-corrected chi connectivity index (χ2v) is 4.44. The van der Waals surface area contributed by atoms with Crippen molar-refractivity contribution in [1.82, 2.24) is 10.2 Å². The highest BCUT2D eigenvalue weighted by molar-refractivity contribution is 5.29. The molecule has 100 valence electrons. The number of piperazine rings is 1. The van der Waals surface area contributed by atoms with E-state index in [2.05, 4.69) is 5.32 Å². The van der Waals surface area contributed by atoms with Crippen LogP contribution in [0.4, 0.5) is 17.6 Å². The Morgan fingerprint density at radius 1 is 1.33 bits per heavy atom. The molecule has 0 radical (unpaired) electrons. The molecule has 6 heteroatoms. The van der Waals surface area contributed by atoms with Gasteiger partial charge in [-0.05, 0) is 24.7 Å². The summed E-state index contributed by atoms with van der Waals surface area (Å²) >= 11 is 0. The Morgan fingerprint density at radius 2 is 2.06 bits per heavy atom. The molecule has 0 saturated carbocycles. The van der Waals surface area contributed by atoms with E-state index in [1.54, 1.807) is 0 Å². The van der Waals surface area contributed by atoms with Crippen LogP contribution in [-0.4, -0.2) is 31.6 Å². The van der Waals surface area contributed by atoms with Crippen LogP contribution in [0, 0.1) is 5.82 Å². The number of rotatable bonds is 1. The first-order chi connectivity index (χ1) is 8.39. The summed E-state index contributed by atoms with van der Waals surface area (Å²) in [5.41, 5.74) is -0.645. The van der Waals surface area contributed by atoms with Crippen molar-refractivity contribution in [1.29, 1.82) is 0 Å². The van der Waals surface area contributed by atoms with Crippen molar-refractivity contribution in [2.45, 2.75) is 12.2 Å². The highest BCUT2D eigenvalue weighted by Crippen LogP contribution is 2.33. The Morgan fingerprint density at radius 3 is 2.61 bits per heavy atom. The highest BCUT2D eigenvalue weighted by Gasteiger charge is 2.34. The molecule has 0 aromatic heterocycles. The molecule has 1 atom stereocenters. The Labute approximate surface area is 103 Å². The van der Waals surface area contributed by atoms with Gasteiger partial charge in [-0.2, -0.15) is 13.2 Å². The third-order valence-corrected chi connectivity index (χ3v) is 3.19. The average molecular weight is 262 g/mol. The van der Waals surface area contributed by atoms with Crippen LogP contribution in [0.3, 0.4) is 0 Å². The summed E-state index contributed by atoms with van der Waals surface area (Å²) in [6.45, 7) is 2.23. The summed E-state index contributed by atoms with van der Waals surface area (Å²) in [6.07, 6.45) is -4.64. The molecule has 1 aromatic carbocycles. The first kappa shape index (κ1) is 13.3. The Kier molecular flexibility index (Phi) is 3.59. The number of hydrogen-bond acceptors (Lipinski definition) is 2. The summed E-state index contributed by atoms with van der Waals surface area (Å²) < 4.78 is 50.8. The minimum atomic E-state index is -4.64. The van der Waals surface area contributed by atoms with Crippen molar-refractivity contribution in [2.24, 2.45) is 0 Å². The lowest BCUT2D eigenvalue weighted by Crippen LogP contribution is -2.43. The molecular weight excluding hydrogens is 248 g/mol. The van der Waals surface area contributed by atoms with Crippen LogP contribution in [0.25, 0.3) is 0 Å². The number of halogens is 4. The molecule has 0 amide bonds. The highest BCUT2D eigenvalue weighted by atomic mass is 19.4. The summed E-state index contributed by atoms with van der Waals surface area (Å²) in [6, 6.07) is 3.06. The molecule has 1 fully saturated rings. The molecular formula is C12H14F4N2. The molecule has 0 spiro atoms. The lowest BCUT2D eigenvalue weighted by Gasteiger charge is -2.33. The predicted octanol–water partition coefficient (Wildman–Crippen LogP) is 2.42. The van der Waals surface area contributed by atoms with Gasteiger partial charge in [-0.25, -0.2) is 4.39 Å². The van der Waals surface area contributed by atoms with Gasteiger partial charge in [-0.3, -0.25) is 4.90 Å². The lowest BCUT2D eigenvalue weighted by atomic mass is 10.0. The van der Waals surface area contributed by atoms with E-state index in [0.717, 1.165) is 25.2 Å². The van der Waals surface area contributed by atoms with Gasteiger partial charge >= 0.3 is 6.18 Å². The van der Waals surface area contributed by atoms with Crippen LogP contribution in [-0.2, 0) is 6.18 Å². The van der Waals surface area contributed by atoms with Crippen molar-refractivity contribution in [3.8, 4) is 0 Å². The molecule has 18 heavy (non-hydrogen) atoms. The summed E-state index contributed by atoms with van der Waals surface area (Å²) in [4.78, 5) is 2.00. The van der Waals surface area contributed by atoms with Gasteiger partial charge in [-0.15, -0.1) is 0 Å². The molecule has 1 N–H and O–H groups in total. The summed E-state index contributed by atoms with van der Waals surface area (Å²) in [5.74, 6) is -1.21. The van der Waals surface area contributed by atoms with E-state index in [-0.39, 0.29) is 6.04 Å². The fourth-order valence-corrected chi connectivity index (χ4v) is 2.15. The van der Waals surface area contributed by atoms with Crippen LogP contribution in [0.15, 0.2) is 18.2 Å². The quantitative estimate of drug-likeness (QED) is 0.782. The topological polar surface area (TPSA) is 15.3 Å². The van der Waals surface area contributed by atoms with Crippen molar-refractivity contribution in [3.63, 3.8) is 0 Å². The van der Waals surface area contributed by atoms with E-state index >= 15 is 0 Å². The third-order valence-electron chi connectivity index (χ3n) is 3.19. The standard InChI is InChI=1S/C12H14F4N2/c1-18-5-4-17-7-11(18)8-2-3-9(10(13)6-8)12(14,15)16/h2-3,6,11,17H,4-5,7H2,1H3. The van der Waals surface area contributed by atoms with Gasteiger partial charge in [0.05, 0.1) is 5.56 Å². The zero-order valence-electron chi connectivity index (χ0n) is 9.89. The zero-order valence-corrected chi connectivity index (χ0v) is 9.89. The summed E-state index contributed by atoms with van der Waals surface area (Å²) in [5, 5.41) is 3.14. The molecule has 2 rings (SSSR count). The van der Waals surface area contributed by atoms with Crippen LogP contribution >= 0.6 is 0 Å². The third kappa shape index (κ3) is 2.64. The number of hydrogen-bond donors (Lipinski definition) is 1. The largest absolute Gasteiger partial charge is 0.419 e. The molecule has 2 nitrogen and oxygen atoms in total. The van der Waals surface area contributed by atoms with Crippen molar-refractivity contribution >= 4 is 0 Å². The van der Waals surface area contributed by atoms with Gasteiger partial charge in [0.25, 0.3) is 0 Å². The normalized spacial score (nSPS) is 22.2. The Hall–Kier alpha value is -1.14. The molecule has 1 aromatic rings. The van der Waals surface area contributed by atoms with Gasteiger partial charge in [0.1, 0.15) is 5.82 Å². The molecule has 0 aliphatic carbocycles. The average Bonchev–Trinajstić information content (AvgIpc) is 2.27. The van der Waals surface area contributed by atoms with Crippen LogP contribution in [0.5, 0.6) is 0 Å². The van der Waals surface area contributed by atoms with Gasteiger partial charge in [-0.1, -0.05) is 6.07 Å². The first-order valence-electron chi connectivity index (χ1n) is 5.67. The van der Waals surface area contributed by atoms with Crippen LogP contribution < -0.4 is 5.32 Å². The maximum atomic E-state index is 13.5.